The zero-order chi connectivity index (χ0) is 17.3. The topological polar surface area (TPSA) is 169 Å². The molecule has 2 aliphatic rings. The van der Waals surface area contributed by atoms with Crippen molar-refractivity contribution in [2.75, 3.05) is 7.05 Å². The lowest BCUT2D eigenvalue weighted by atomic mass is 9.82. The van der Waals surface area contributed by atoms with Gasteiger partial charge in [-0.15, -0.1) is 0 Å². The van der Waals surface area contributed by atoms with E-state index < -0.39 is 48.8 Å². The molecule has 23 heavy (non-hydrogen) atoms. The van der Waals surface area contributed by atoms with Crippen LogP contribution in [0.25, 0.3) is 0 Å². The van der Waals surface area contributed by atoms with Crippen molar-refractivity contribution in [3.05, 3.63) is 11.8 Å². The highest BCUT2D eigenvalue weighted by atomic mass is 16.7. The minimum atomic E-state index is -1.25. The van der Waals surface area contributed by atoms with Crippen LogP contribution in [0.3, 0.4) is 0 Å². The summed E-state index contributed by atoms with van der Waals surface area (Å²) in [6, 6.07) is -2.52. The molecule has 9 nitrogen and oxygen atoms in total. The summed E-state index contributed by atoms with van der Waals surface area (Å²) < 4.78 is 11.4. The summed E-state index contributed by atoms with van der Waals surface area (Å²) in [6.45, 7) is 1.78. The minimum absolute atomic E-state index is 0.309. The van der Waals surface area contributed by atoms with E-state index in [0.717, 1.165) is 0 Å². The van der Waals surface area contributed by atoms with Crippen molar-refractivity contribution in [1.82, 2.24) is 5.32 Å². The standard InChI is InChI=1S/C14H28N4O5/c1-5(15)7-4-3-6(16)14(22-7)23-13-8(17)10(19)11(20)9(18-2)12(13)21/h4-6,8-14,18-21H,3,15-17H2,1-2H3/t5-,6-,8-,9-,10+,11-,12-,13+,14-/m0/s1. The Bertz CT molecular complexity index is 435. The summed E-state index contributed by atoms with van der Waals surface area (Å²) in [7, 11) is 1.57. The second-order valence-electron chi connectivity index (χ2n) is 6.25. The molecular formula is C14H28N4O5. The van der Waals surface area contributed by atoms with Crippen molar-refractivity contribution >= 4 is 0 Å². The van der Waals surface area contributed by atoms with E-state index in [-0.39, 0.29) is 6.04 Å². The van der Waals surface area contributed by atoms with Gasteiger partial charge >= 0.3 is 0 Å². The van der Waals surface area contributed by atoms with Crippen molar-refractivity contribution in [3.8, 4) is 0 Å². The molecule has 1 aliphatic heterocycles. The van der Waals surface area contributed by atoms with Crippen LogP contribution >= 0.6 is 0 Å². The normalized spacial score (nSPS) is 46.0. The van der Waals surface area contributed by atoms with Crippen LogP contribution in [-0.2, 0) is 9.47 Å². The van der Waals surface area contributed by atoms with Crippen molar-refractivity contribution in [2.45, 2.75) is 68.2 Å². The van der Waals surface area contributed by atoms with Gasteiger partial charge in [-0.1, -0.05) is 0 Å². The Hall–Kier alpha value is -0.780. The summed E-state index contributed by atoms with van der Waals surface area (Å²) >= 11 is 0. The maximum Gasteiger partial charge on any atom is 0.215 e. The van der Waals surface area contributed by atoms with Crippen LogP contribution in [0.2, 0.25) is 0 Å². The maximum atomic E-state index is 10.4. The van der Waals surface area contributed by atoms with Crippen LogP contribution in [0.5, 0.6) is 0 Å². The average Bonchev–Trinajstić information content (AvgIpc) is 2.51. The zero-order valence-corrected chi connectivity index (χ0v) is 13.4. The molecule has 0 amide bonds. The fourth-order valence-corrected chi connectivity index (χ4v) is 2.99. The number of hydrogen-bond acceptors (Lipinski definition) is 9. The quantitative estimate of drug-likeness (QED) is 0.278. The number of nitrogens with one attached hydrogen (secondary N) is 1. The molecule has 1 heterocycles. The number of rotatable bonds is 4. The Morgan fingerprint density at radius 1 is 1.26 bits per heavy atom. The highest BCUT2D eigenvalue weighted by molar-refractivity contribution is 5.08. The van der Waals surface area contributed by atoms with Crippen LogP contribution in [-0.4, -0.2) is 77.2 Å². The summed E-state index contributed by atoms with van der Waals surface area (Å²) in [6.07, 6.45) is -3.05. The number of ether oxygens (including phenoxy) is 2. The van der Waals surface area contributed by atoms with Crippen molar-refractivity contribution in [2.24, 2.45) is 17.2 Å². The molecule has 0 saturated heterocycles. The molecule has 0 aromatic rings. The Balaban J connectivity index is 2.12. The van der Waals surface area contributed by atoms with E-state index in [4.69, 9.17) is 26.7 Å². The second-order valence-corrected chi connectivity index (χ2v) is 6.25. The van der Waals surface area contributed by atoms with Gasteiger partial charge in [0, 0.05) is 0 Å². The smallest absolute Gasteiger partial charge is 0.215 e. The molecule has 0 spiro atoms. The van der Waals surface area contributed by atoms with Crippen molar-refractivity contribution in [3.63, 3.8) is 0 Å². The first-order valence-corrected chi connectivity index (χ1v) is 7.78. The second kappa shape index (κ2) is 7.41. The third-order valence-corrected chi connectivity index (χ3v) is 4.46. The third kappa shape index (κ3) is 3.67. The van der Waals surface area contributed by atoms with Crippen molar-refractivity contribution < 1.29 is 24.8 Å². The molecule has 0 aromatic heterocycles. The lowest BCUT2D eigenvalue weighted by molar-refractivity contribution is -0.228. The van der Waals surface area contributed by atoms with E-state index in [2.05, 4.69) is 5.32 Å². The molecule has 134 valence electrons. The van der Waals surface area contributed by atoms with Gasteiger partial charge in [0.05, 0.1) is 42.5 Å². The highest BCUT2D eigenvalue weighted by Gasteiger charge is 2.49. The fraction of sp³-hybridized carbons (Fsp3) is 0.857. The first-order valence-electron chi connectivity index (χ1n) is 7.78. The van der Waals surface area contributed by atoms with E-state index in [0.29, 0.717) is 12.2 Å². The molecule has 0 radical (unpaired) electrons. The Morgan fingerprint density at radius 2 is 1.91 bits per heavy atom. The number of aliphatic hydroxyl groups excluding tert-OH is 3. The molecule has 10 N–H and O–H groups in total. The summed E-state index contributed by atoms with van der Waals surface area (Å²) in [5, 5.41) is 33.2. The van der Waals surface area contributed by atoms with Gasteiger partial charge < -0.3 is 47.3 Å². The van der Waals surface area contributed by atoms with Gasteiger partial charge in [-0.2, -0.15) is 0 Å². The maximum absolute atomic E-state index is 10.4. The Morgan fingerprint density at radius 3 is 2.48 bits per heavy atom. The van der Waals surface area contributed by atoms with Gasteiger partial charge in [0.15, 0.2) is 0 Å². The molecule has 1 aliphatic carbocycles. The monoisotopic (exact) mass is 332 g/mol. The van der Waals surface area contributed by atoms with Crippen molar-refractivity contribution in [1.29, 1.82) is 0 Å². The van der Waals surface area contributed by atoms with Gasteiger partial charge in [0.25, 0.3) is 0 Å². The predicted molar refractivity (Wildman–Crippen MR) is 82.9 cm³/mol. The van der Waals surface area contributed by atoms with Gasteiger partial charge in [-0.3, -0.25) is 0 Å². The van der Waals surface area contributed by atoms with E-state index in [1.165, 1.54) is 0 Å². The molecule has 0 bridgehead atoms. The van der Waals surface area contributed by atoms with E-state index >= 15 is 0 Å². The van der Waals surface area contributed by atoms with E-state index in [1.54, 1.807) is 20.0 Å². The largest absolute Gasteiger partial charge is 0.466 e. The van der Waals surface area contributed by atoms with Crippen LogP contribution < -0.4 is 22.5 Å². The predicted octanol–water partition coefficient (Wildman–Crippen LogP) is -3.31. The summed E-state index contributed by atoms with van der Waals surface area (Å²) in [5.41, 5.74) is 17.7. The molecule has 0 aromatic carbocycles. The average molecular weight is 332 g/mol. The first-order chi connectivity index (χ1) is 10.8. The lowest BCUT2D eigenvalue weighted by Crippen LogP contribution is -2.70. The van der Waals surface area contributed by atoms with E-state index in [1.807, 2.05) is 0 Å². The third-order valence-electron chi connectivity index (χ3n) is 4.46. The van der Waals surface area contributed by atoms with E-state index in [9.17, 15) is 15.3 Å². The van der Waals surface area contributed by atoms with Crippen LogP contribution in [0, 0.1) is 0 Å². The Kier molecular flexibility index (Phi) is 5.98. The van der Waals surface area contributed by atoms with Gasteiger partial charge in [0.1, 0.15) is 11.9 Å². The first kappa shape index (κ1) is 18.6. The highest BCUT2D eigenvalue weighted by Crippen LogP contribution is 2.27. The van der Waals surface area contributed by atoms with Gasteiger partial charge in [0.2, 0.25) is 6.29 Å². The number of likely N-dealkylation sites (N-methyl/N-ethyl adjacent to an activating group) is 1. The molecule has 9 heteroatoms. The summed E-state index contributed by atoms with van der Waals surface area (Å²) in [5.74, 6) is 0.557. The molecule has 1 fully saturated rings. The van der Waals surface area contributed by atoms with Gasteiger partial charge in [-0.25, -0.2) is 0 Å². The molecule has 9 atom stereocenters. The molecule has 2 rings (SSSR count). The fourth-order valence-electron chi connectivity index (χ4n) is 2.99. The van der Waals surface area contributed by atoms with Crippen LogP contribution in [0.4, 0.5) is 0 Å². The van der Waals surface area contributed by atoms with Gasteiger partial charge in [-0.05, 0) is 26.5 Å². The number of nitrogens with two attached hydrogens (primary N) is 3. The SMILES string of the molecule is CN[C@H]1[C@H](O)[C@H](O)[C@H](N)[C@@H](O[C@@H]2OC([C@H](C)N)=CC[C@@H]2N)[C@H]1O. The molecule has 1 saturated carbocycles. The molecule has 0 unspecified atom stereocenters. The number of aliphatic hydroxyl groups is 3. The summed E-state index contributed by atoms with van der Waals surface area (Å²) in [4.78, 5) is 0. The molecular weight excluding hydrogens is 304 g/mol. The zero-order valence-electron chi connectivity index (χ0n) is 13.4. The lowest BCUT2D eigenvalue weighted by Gasteiger charge is -2.46. The minimum Gasteiger partial charge on any atom is -0.466 e. The number of hydrogen-bond donors (Lipinski definition) is 7. The van der Waals surface area contributed by atoms with Crippen LogP contribution in [0.15, 0.2) is 11.8 Å². The Labute approximate surface area is 135 Å². The van der Waals surface area contributed by atoms with Crippen LogP contribution in [0.1, 0.15) is 13.3 Å².